The van der Waals surface area contributed by atoms with Gasteiger partial charge in [0.1, 0.15) is 0 Å². The number of nitrogen functional groups attached to an aromatic ring is 1. The van der Waals surface area contributed by atoms with E-state index in [4.69, 9.17) is 5.73 Å². The molecule has 2 N–H and O–H groups in total. The van der Waals surface area contributed by atoms with Gasteiger partial charge in [-0.2, -0.15) is 0 Å². The molecule has 14 heavy (non-hydrogen) atoms. The van der Waals surface area contributed by atoms with Crippen LogP contribution in [0.4, 0.5) is 10.2 Å². The molecule has 2 aromatic rings. The van der Waals surface area contributed by atoms with Gasteiger partial charge in [0.25, 0.3) is 0 Å². The maximum absolute atomic E-state index is 13.0. The van der Waals surface area contributed by atoms with Gasteiger partial charge in [0.15, 0.2) is 11.6 Å². The molecule has 0 saturated carbocycles. The van der Waals surface area contributed by atoms with E-state index in [1.807, 2.05) is 0 Å². The second kappa shape index (κ2) is 3.37. The second-order valence-corrected chi connectivity index (χ2v) is 2.68. The summed E-state index contributed by atoms with van der Waals surface area (Å²) in [6.07, 6.45) is 6.07. The summed E-state index contributed by atoms with van der Waals surface area (Å²) in [4.78, 5) is 11.6. The molecule has 0 amide bonds. The summed E-state index contributed by atoms with van der Waals surface area (Å²) in [5, 5.41) is 0. The zero-order valence-electron chi connectivity index (χ0n) is 7.18. The van der Waals surface area contributed by atoms with Gasteiger partial charge in [0, 0.05) is 24.2 Å². The highest BCUT2D eigenvalue weighted by atomic mass is 19.1. The normalized spacial score (nSPS) is 10.1. The molecule has 0 bridgehead atoms. The predicted molar refractivity (Wildman–Crippen MR) is 49.6 cm³/mol. The largest absolute Gasteiger partial charge is 0.381 e. The zero-order chi connectivity index (χ0) is 9.97. The lowest BCUT2D eigenvalue weighted by molar-refractivity contribution is 0.627. The van der Waals surface area contributed by atoms with E-state index in [0.29, 0.717) is 11.3 Å². The van der Waals surface area contributed by atoms with Gasteiger partial charge in [-0.15, -0.1) is 0 Å². The Morgan fingerprint density at radius 1 is 1.14 bits per heavy atom. The lowest BCUT2D eigenvalue weighted by atomic mass is 10.2. The first-order valence-corrected chi connectivity index (χ1v) is 3.95. The van der Waals surface area contributed by atoms with Crippen LogP contribution in [0.25, 0.3) is 11.3 Å². The summed E-state index contributed by atoms with van der Waals surface area (Å²) < 4.78 is 13.0. The lowest BCUT2D eigenvalue weighted by Gasteiger charge is -2.00. The molecule has 2 rings (SSSR count). The van der Waals surface area contributed by atoms with Crippen LogP contribution >= 0.6 is 0 Å². The number of hydrogen-bond acceptors (Lipinski definition) is 4. The van der Waals surface area contributed by atoms with Gasteiger partial charge in [-0.3, -0.25) is 9.97 Å². The van der Waals surface area contributed by atoms with Crippen LogP contribution in [0.1, 0.15) is 0 Å². The quantitative estimate of drug-likeness (QED) is 0.735. The van der Waals surface area contributed by atoms with Crippen molar-refractivity contribution in [3.63, 3.8) is 0 Å². The maximum Gasteiger partial charge on any atom is 0.165 e. The average Bonchev–Trinajstić information content (AvgIpc) is 2.23. The van der Waals surface area contributed by atoms with Crippen LogP contribution in [0.2, 0.25) is 0 Å². The molecule has 4 nitrogen and oxygen atoms in total. The molecule has 0 fully saturated rings. The number of hydrogen-bond donors (Lipinski definition) is 1. The van der Waals surface area contributed by atoms with E-state index in [0.717, 1.165) is 0 Å². The van der Waals surface area contributed by atoms with Crippen LogP contribution in [0.15, 0.2) is 30.9 Å². The van der Waals surface area contributed by atoms with Crippen molar-refractivity contribution in [3.8, 4) is 11.3 Å². The van der Waals surface area contributed by atoms with Crippen LogP contribution in [0.3, 0.4) is 0 Å². The van der Waals surface area contributed by atoms with Crippen LogP contribution in [-0.4, -0.2) is 15.0 Å². The fourth-order valence-electron chi connectivity index (χ4n) is 1.04. The maximum atomic E-state index is 13.0. The minimum atomic E-state index is -0.548. The van der Waals surface area contributed by atoms with Gasteiger partial charge in [0.2, 0.25) is 0 Å². The smallest absolute Gasteiger partial charge is 0.165 e. The molecular formula is C9H7FN4. The van der Waals surface area contributed by atoms with E-state index in [1.54, 1.807) is 6.20 Å². The minimum Gasteiger partial charge on any atom is -0.381 e. The topological polar surface area (TPSA) is 64.7 Å². The highest BCUT2D eigenvalue weighted by Gasteiger charge is 2.04. The van der Waals surface area contributed by atoms with Gasteiger partial charge in [-0.1, -0.05) is 0 Å². The third-order valence-corrected chi connectivity index (χ3v) is 1.73. The third-order valence-electron chi connectivity index (χ3n) is 1.73. The number of aromatic nitrogens is 3. The van der Waals surface area contributed by atoms with E-state index >= 15 is 0 Å². The molecule has 2 heterocycles. The standard InChI is InChI=1S/C9H7FN4/c10-7-3-6(4-14-9(7)11)8-5-12-1-2-13-8/h1-5H,(H2,11,14). The number of anilines is 1. The van der Waals surface area contributed by atoms with E-state index < -0.39 is 5.82 Å². The molecule has 0 aliphatic heterocycles. The number of nitrogens with zero attached hydrogens (tertiary/aromatic N) is 3. The Hall–Kier alpha value is -2.04. The molecule has 0 unspecified atom stereocenters. The molecule has 2 aromatic heterocycles. The molecule has 0 aliphatic carbocycles. The van der Waals surface area contributed by atoms with Gasteiger partial charge < -0.3 is 5.73 Å². The first-order chi connectivity index (χ1) is 6.77. The molecule has 0 saturated heterocycles. The Morgan fingerprint density at radius 2 is 2.00 bits per heavy atom. The van der Waals surface area contributed by atoms with E-state index in [-0.39, 0.29) is 5.82 Å². The van der Waals surface area contributed by atoms with Crippen LogP contribution in [0, 0.1) is 5.82 Å². The van der Waals surface area contributed by atoms with Crippen molar-refractivity contribution in [2.24, 2.45) is 0 Å². The van der Waals surface area contributed by atoms with Crippen LogP contribution < -0.4 is 5.73 Å². The first kappa shape index (κ1) is 8.55. The fourth-order valence-corrected chi connectivity index (χ4v) is 1.04. The monoisotopic (exact) mass is 190 g/mol. The Bertz CT molecular complexity index is 444. The Labute approximate surface area is 79.7 Å². The summed E-state index contributed by atoms with van der Waals surface area (Å²) in [7, 11) is 0. The van der Waals surface area contributed by atoms with Gasteiger partial charge >= 0.3 is 0 Å². The van der Waals surface area contributed by atoms with Crippen molar-refractivity contribution in [2.75, 3.05) is 5.73 Å². The fraction of sp³-hybridized carbons (Fsp3) is 0. The number of rotatable bonds is 1. The molecule has 70 valence electrons. The molecular weight excluding hydrogens is 183 g/mol. The Morgan fingerprint density at radius 3 is 2.64 bits per heavy atom. The van der Waals surface area contributed by atoms with Crippen LogP contribution in [-0.2, 0) is 0 Å². The number of halogens is 1. The highest BCUT2D eigenvalue weighted by molar-refractivity contribution is 5.58. The van der Waals surface area contributed by atoms with Crippen molar-refractivity contribution in [1.29, 1.82) is 0 Å². The van der Waals surface area contributed by atoms with Crippen molar-refractivity contribution in [3.05, 3.63) is 36.7 Å². The Balaban J connectivity index is 2.48. The zero-order valence-corrected chi connectivity index (χ0v) is 7.18. The summed E-state index contributed by atoms with van der Waals surface area (Å²) in [5.41, 5.74) is 6.37. The first-order valence-electron chi connectivity index (χ1n) is 3.95. The SMILES string of the molecule is Nc1ncc(-c2cnccn2)cc1F. The van der Waals surface area contributed by atoms with E-state index in [2.05, 4.69) is 15.0 Å². The van der Waals surface area contributed by atoms with Gasteiger partial charge in [-0.05, 0) is 6.07 Å². The van der Waals surface area contributed by atoms with E-state index in [1.165, 1.54) is 24.7 Å². The lowest BCUT2D eigenvalue weighted by Crippen LogP contribution is -1.95. The van der Waals surface area contributed by atoms with Crippen molar-refractivity contribution in [1.82, 2.24) is 15.0 Å². The number of pyridine rings is 1. The Kier molecular flexibility index (Phi) is 2.06. The minimum absolute atomic E-state index is 0.113. The summed E-state index contributed by atoms with van der Waals surface area (Å²) in [5.74, 6) is -0.661. The molecule has 0 spiro atoms. The second-order valence-electron chi connectivity index (χ2n) is 2.68. The number of nitrogens with two attached hydrogens (primary N) is 1. The van der Waals surface area contributed by atoms with Gasteiger partial charge in [0.05, 0.1) is 11.9 Å². The molecule has 0 atom stereocenters. The summed E-state index contributed by atoms with van der Waals surface area (Å²) in [6.45, 7) is 0. The highest BCUT2D eigenvalue weighted by Crippen LogP contribution is 2.17. The predicted octanol–water partition coefficient (Wildman–Crippen LogP) is 1.26. The molecule has 5 heteroatoms. The third kappa shape index (κ3) is 1.52. The van der Waals surface area contributed by atoms with E-state index in [9.17, 15) is 4.39 Å². The molecule has 0 aromatic carbocycles. The van der Waals surface area contributed by atoms with Gasteiger partial charge in [-0.25, -0.2) is 9.37 Å². The van der Waals surface area contributed by atoms with Crippen molar-refractivity contribution in [2.45, 2.75) is 0 Å². The van der Waals surface area contributed by atoms with Crippen molar-refractivity contribution >= 4 is 5.82 Å². The summed E-state index contributed by atoms with van der Waals surface area (Å²) >= 11 is 0. The van der Waals surface area contributed by atoms with Crippen molar-refractivity contribution < 1.29 is 4.39 Å². The summed E-state index contributed by atoms with van der Waals surface area (Å²) in [6, 6.07) is 1.28. The average molecular weight is 190 g/mol. The molecule has 0 radical (unpaired) electrons. The van der Waals surface area contributed by atoms with Crippen LogP contribution in [0.5, 0.6) is 0 Å². The molecule has 0 aliphatic rings.